The third-order valence-corrected chi connectivity index (χ3v) is 15.6. The van der Waals surface area contributed by atoms with E-state index in [4.69, 9.17) is 28.7 Å². The molecule has 536 valence electrons. The number of aliphatic imine (C=N–C) groups is 1. The molecule has 0 aromatic heterocycles. The van der Waals surface area contributed by atoms with Gasteiger partial charge in [0.1, 0.15) is 66.5 Å². The number of aliphatic hydroxyl groups excluding tert-OH is 2. The molecule has 0 unspecified atom stereocenters. The normalized spacial score (nSPS) is 17.1. The number of aliphatic hydroxyl groups is 2. The van der Waals surface area contributed by atoms with E-state index in [0.29, 0.717) is 12.0 Å². The Morgan fingerprint density at radius 1 is 0.542 bits per heavy atom. The predicted molar refractivity (Wildman–Crippen MR) is 342 cm³/mol. The first-order valence-electron chi connectivity index (χ1n) is 31.4. The van der Waals surface area contributed by atoms with E-state index in [-0.39, 0.29) is 57.1 Å². The van der Waals surface area contributed by atoms with Gasteiger partial charge in [-0.3, -0.25) is 72.1 Å². The van der Waals surface area contributed by atoms with E-state index in [2.05, 4.69) is 58.2 Å². The Balaban J connectivity index is 2.35. The van der Waals surface area contributed by atoms with Crippen LogP contribution in [0.4, 0.5) is 0 Å². The number of nitrogens with zero attached hydrogens (tertiary/aromatic N) is 2. The second-order valence-corrected chi connectivity index (χ2v) is 24.3. The second-order valence-electron chi connectivity index (χ2n) is 24.3. The second kappa shape index (κ2) is 40.0. The molecule has 1 heterocycles. The molecule has 0 radical (unpaired) electrons. The SMILES string of the molecule is CC[C@H](C)[C@H](N)C(=O)N[C@@H](CCC(=O)O)C(=O)N[C@@H](CC(N)=O)C(=O)N[C@H](C(=O)N[C@H](C(=O)N[C@H](C(=O)N[C@H](C(=O)N[C@@H](Cc1ccccc1)C(=O)N[C@@H](C)C(=O)N1CCC[C@H]1C(=O)N[C@@H](CC(N)=O)C(=O)N[C@@H](CCCN=C(N)N)C(=O)O)[C@@H](C)O)[C@@H](C)O)C(C)C)C(C)C. The quantitative estimate of drug-likeness (QED) is 0.0165. The van der Waals surface area contributed by atoms with Crippen LogP contribution in [0.25, 0.3) is 0 Å². The zero-order valence-corrected chi connectivity index (χ0v) is 55.4. The van der Waals surface area contributed by atoms with E-state index < -0.39 is 211 Å². The smallest absolute Gasteiger partial charge is 0.326 e. The van der Waals surface area contributed by atoms with Gasteiger partial charge in [-0.25, -0.2) is 4.79 Å². The van der Waals surface area contributed by atoms with Crippen LogP contribution in [0.15, 0.2) is 35.3 Å². The van der Waals surface area contributed by atoms with Crippen molar-refractivity contribution in [1.29, 1.82) is 0 Å². The van der Waals surface area contributed by atoms with E-state index >= 15 is 0 Å². The summed E-state index contributed by atoms with van der Waals surface area (Å²) in [6.45, 7) is 12.9. The number of benzene rings is 1. The minimum atomic E-state index is -1.92. The fraction of sp³-hybridized carbons (Fsp3) is 0.633. The molecular weight excluding hydrogens is 1260 g/mol. The van der Waals surface area contributed by atoms with Gasteiger partial charge in [0, 0.05) is 25.9 Å². The lowest BCUT2D eigenvalue weighted by Crippen LogP contribution is -2.64. The first-order valence-corrected chi connectivity index (χ1v) is 31.4. The molecule has 1 fully saturated rings. The average molecular weight is 1360 g/mol. The first kappa shape index (κ1) is 82.5. The number of amides is 13. The summed E-state index contributed by atoms with van der Waals surface area (Å²) in [4.78, 5) is 205. The van der Waals surface area contributed by atoms with Crippen molar-refractivity contribution in [3.8, 4) is 0 Å². The van der Waals surface area contributed by atoms with Crippen molar-refractivity contribution in [3.05, 3.63) is 35.9 Å². The van der Waals surface area contributed by atoms with Gasteiger partial charge in [-0.1, -0.05) is 78.3 Å². The zero-order valence-electron chi connectivity index (χ0n) is 55.4. The van der Waals surface area contributed by atoms with Crippen LogP contribution in [0.3, 0.4) is 0 Å². The molecule has 13 amide bonds. The van der Waals surface area contributed by atoms with Crippen LogP contribution in [0.2, 0.25) is 0 Å². The summed E-state index contributed by atoms with van der Waals surface area (Å²) in [6.07, 6.45) is -5.63. The van der Waals surface area contributed by atoms with E-state index in [1.54, 1.807) is 44.2 Å². The molecule has 36 nitrogen and oxygen atoms in total. The van der Waals surface area contributed by atoms with Gasteiger partial charge in [0.2, 0.25) is 76.8 Å². The summed E-state index contributed by atoms with van der Waals surface area (Å²) in [5.74, 6) is -18.3. The molecule has 0 bridgehead atoms. The molecule has 0 spiro atoms. The fourth-order valence-electron chi connectivity index (χ4n) is 9.82. The average Bonchev–Trinajstić information content (AvgIpc) is 1.51. The maximum atomic E-state index is 14.2. The largest absolute Gasteiger partial charge is 0.481 e. The van der Waals surface area contributed by atoms with Crippen LogP contribution in [0.1, 0.15) is 126 Å². The van der Waals surface area contributed by atoms with Gasteiger partial charge < -0.3 is 107 Å². The Labute approximate surface area is 555 Å². The summed E-state index contributed by atoms with van der Waals surface area (Å²) in [7, 11) is 0. The lowest BCUT2D eigenvalue weighted by Gasteiger charge is -2.31. The topological polar surface area (TPSA) is 603 Å². The number of carbonyl (C=O) groups is 15. The van der Waals surface area contributed by atoms with E-state index in [1.165, 1.54) is 34.6 Å². The van der Waals surface area contributed by atoms with Crippen LogP contribution >= 0.6 is 0 Å². The van der Waals surface area contributed by atoms with Gasteiger partial charge in [-0.2, -0.15) is 0 Å². The van der Waals surface area contributed by atoms with Gasteiger partial charge in [0.05, 0.1) is 31.1 Å². The predicted octanol–water partition coefficient (Wildman–Crippen LogP) is -6.71. The number of guanidine groups is 1. The highest BCUT2D eigenvalue weighted by atomic mass is 16.4. The Morgan fingerprint density at radius 2 is 0.979 bits per heavy atom. The molecule has 1 aliphatic heterocycles. The van der Waals surface area contributed by atoms with Crippen molar-refractivity contribution in [2.24, 2.45) is 51.4 Å². The number of carboxylic acid groups (broad SMARTS) is 2. The van der Waals surface area contributed by atoms with Crippen LogP contribution < -0.4 is 81.8 Å². The van der Waals surface area contributed by atoms with Crippen LogP contribution in [0, 0.1) is 17.8 Å². The molecule has 2 rings (SSSR count). The summed E-state index contributed by atoms with van der Waals surface area (Å²) >= 11 is 0. The molecular formula is C60H97N17O19. The number of primary amides is 2. The van der Waals surface area contributed by atoms with Crippen LogP contribution in [-0.2, 0) is 78.3 Å². The number of hydrogen-bond donors (Lipinski definition) is 19. The molecule has 36 heteroatoms. The highest BCUT2D eigenvalue weighted by molar-refractivity contribution is 6.01. The minimum absolute atomic E-state index is 0.0206. The van der Waals surface area contributed by atoms with Gasteiger partial charge in [-0.15, -0.1) is 0 Å². The van der Waals surface area contributed by atoms with Crippen LogP contribution in [-0.4, -0.2) is 218 Å². The third-order valence-electron chi connectivity index (χ3n) is 15.6. The van der Waals surface area contributed by atoms with Gasteiger partial charge in [-0.05, 0) is 76.2 Å². The monoisotopic (exact) mass is 1360 g/mol. The van der Waals surface area contributed by atoms with E-state index in [1.807, 2.05) is 0 Å². The Morgan fingerprint density at radius 3 is 1.46 bits per heavy atom. The van der Waals surface area contributed by atoms with Crippen molar-refractivity contribution in [2.45, 2.75) is 211 Å². The summed E-state index contributed by atoms with van der Waals surface area (Å²) < 4.78 is 0. The van der Waals surface area contributed by atoms with Crippen molar-refractivity contribution in [3.63, 3.8) is 0 Å². The number of carboxylic acids is 2. The van der Waals surface area contributed by atoms with Crippen LogP contribution in [0.5, 0.6) is 0 Å². The van der Waals surface area contributed by atoms with Crippen molar-refractivity contribution in [2.75, 3.05) is 13.1 Å². The molecule has 1 aliphatic rings. The highest BCUT2D eigenvalue weighted by Gasteiger charge is 2.42. The first-order chi connectivity index (χ1) is 44.8. The maximum Gasteiger partial charge on any atom is 0.326 e. The number of rotatable bonds is 41. The molecule has 1 aromatic rings. The molecule has 15 atom stereocenters. The molecule has 1 aromatic carbocycles. The summed E-state index contributed by atoms with van der Waals surface area (Å²) in [5.41, 5.74) is 27.9. The molecule has 24 N–H and O–H groups in total. The zero-order chi connectivity index (χ0) is 73.0. The Kier molecular flexibility index (Phi) is 34.3. The van der Waals surface area contributed by atoms with Gasteiger partial charge in [0.25, 0.3) is 0 Å². The van der Waals surface area contributed by atoms with Crippen molar-refractivity contribution < 1.29 is 92.3 Å². The highest BCUT2D eigenvalue weighted by Crippen LogP contribution is 2.20. The summed E-state index contributed by atoms with van der Waals surface area (Å²) in [6, 6.07) is -10.6. The number of hydrogen-bond acceptors (Lipinski definition) is 19. The third kappa shape index (κ3) is 27.4. The number of nitrogens with one attached hydrogen (secondary N) is 10. The Bertz CT molecular complexity index is 2950. The number of likely N-dealkylation sites (tertiary alicyclic amines) is 1. The molecule has 1 saturated heterocycles. The van der Waals surface area contributed by atoms with Gasteiger partial charge >= 0.3 is 11.9 Å². The number of nitrogens with two attached hydrogens (primary N) is 5. The molecule has 0 aliphatic carbocycles. The lowest BCUT2D eigenvalue weighted by molar-refractivity contribution is -0.144. The van der Waals surface area contributed by atoms with Crippen molar-refractivity contribution in [1.82, 2.24) is 58.1 Å². The van der Waals surface area contributed by atoms with E-state index in [0.717, 1.165) is 18.7 Å². The maximum absolute atomic E-state index is 14.2. The number of carbonyl (C=O) groups excluding carboxylic acids is 13. The molecule has 96 heavy (non-hydrogen) atoms. The van der Waals surface area contributed by atoms with Crippen molar-refractivity contribution >= 4 is 94.7 Å². The minimum Gasteiger partial charge on any atom is -0.481 e. The summed E-state index contributed by atoms with van der Waals surface area (Å²) in [5, 5.41) is 64.8. The number of aliphatic carboxylic acids is 2. The van der Waals surface area contributed by atoms with Gasteiger partial charge in [0.15, 0.2) is 5.96 Å². The Hall–Kier alpha value is -9.58. The fourth-order valence-corrected chi connectivity index (χ4v) is 9.82. The standard InChI is InChI=1S/C60H97N17O19/c1-10-29(6)43(63)53(89)68-34(20-21-42(82)83)48(84)70-38(26-41(62)81)51(87)73-44(27(2)3)54(90)74-45(28(4)5)55(91)75-47(32(9)79)57(93)76-46(31(8)78)56(92)72-36(24-33-16-12-11-13-17-33)49(85)67-30(7)58(94)77-23-15-19-39(77)52(88)71-37(25-40(61)80)50(86)69-35(59(95)96)18-14-22-66-60(64)65/h11-13,16-17,27-32,34-39,43-47,78-79H,10,14-15,18-26,63H2,1-9H3,(H2,61,80)(H2,62,81)(H,67,85)(H,68,89)(H,69,86)(H,70,84)(H,71,88)(H,72,92)(H,73,87)(H,74,90)(H,75,91)(H,76,93)(H,82,83)(H,95,96)(H4,64,65,66)/t29-,30-,31+,32+,34-,35-,36-,37-,38-,39-,43-,44-,45-,46-,47-/m0/s1. The molecule has 0 saturated carbocycles. The lowest BCUT2D eigenvalue weighted by atomic mass is 9.98. The van der Waals surface area contributed by atoms with E-state index in [9.17, 15) is 92.3 Å².